The summed E-state index contributed by atoms with van der Waals surface area (Å²) in [5, 5.41) is 21.1. The summed E-state index contributed by atoms with van der Waals surface area (Å²) in [6.45, 7) is 2.65. The number of rotatable bonds is 8. The number of aliphatic hydroxyl groups is 2. The second-order valence-electron chi connectivity index (χ2n) is 7.13. The smallest absolute Gasteiger partial charge is 0.165 e. The van der Waals surface area contributed by atoms with E-state index in [2.05, 4.69) is 20.0 Å². The van der Waals surface area contributed by atoms with Gasteiger partial charge in [0.25, 0.3) is 0 Å². The quantitative estimate of drug-likeness (QED) is 0.280. The molecule has 0 bridgehead atoms. The number of Topliss-reactive ketones (excluding diaryl/α,β-unsaturated/α-hetero) is 2. The Morgan fingerprint density at radius 3 is 1.44 bits per heavy atom. The molecular formula is C26H22N4O4. The van der Waals surface area contributed by atoms with Crippen molar-refractivity contribution in [3.05, 3.63) is 95.6 Å². The molecule has 0 amide bonds. The Hall–Kier alpha value is -4.72. The number of carbonyl (C=O) groups excluding carboxylic acids is 2. The van der Waals surface area contributed by atoms with Crippen LogP contribution in [0.5, 0.6) is 0 Å². The van der Waals surface area contributed by atoms with Gasteiger partial charge in [-0.25, -0.2) is 0 Å². The molecule has 8 heteroatoms. The predicted octanol–water partition coefficient (Wildman–Crippen LogP) is 5.00. The van der Waals surface area contributed by atoms with Gasteiger partial charge in [-0.05, 0) is 50.2 Å². The summed E-state index contributed by atoms with van der Waals surface area (Å²) in [5.41, 5.74) is 1.55. The fourth-order valence-electron chi connectivity index (χ4n) is 2.90. The molecule has 0 unspecified atom stereocenters. The van der Waals surface area contributed by atoms with E-state index in [4.69, 9.17) is 0 Å². The van der Waals surface area contributed by atoms with E-state index in [0.717, 1.165) is 0 Å². The first kappa shape index (κ1) is 23.9. The molecule has 2 N–H and O–H groups in total. The van der Waals surface area contributed by atoms with Crippen LogP contribution in [0.25, 0.3) is 11.5 Å². The molecule has 2 heterocycles. The first-order valence-corrected chi connectivity index (χ1v) is 10.2. The molecule has 3 rings (SSSR count). The Kier molecular flexibility index (Phi) is 7.91. The third-order valence-electron chi connectivity index (χ3n) is 4.69. The van der Waals surface area contributed by atoms with Crippen LogP contribution in [0.3, 0.4) is 0 Å². The number of hydrogen-bond acceptors (Lipinski definition) is 8. The molecule has 8 nitrogen and oxygen atoms in total. The van der Waals surface area contributed by atoms with E-state index in [1.165, 1.54) is 38.7 Å². The summed E-state index contributed by atoms with van der Waals surface area (Å²) in [4.78, 5) is 40.8. The van der Waals surface area contributed by atoms with E-state index < -0.39 is 0 Å². The maximum Gasteiger partial charge on any atom is 0.165 e. The fraction of sp³-hybridized carbons (Fsp3) is 0.0769. The maximum atomic E-state index is 12.1. The van der Waals surface area contributed by atoms with Gasteiger partial charge in [-0.2, -0.15) is 0 Å². The van der Waals surface area contributed by atoms with Crippen molar-refractivity contribution in [1.29, 1.82) is 0 Å². The van der Waals surface area contributed by atoms with Crippen LogP contribution in [0, 0.1) is 0 Å². The summed E-state index contributed by atoms with van der Waals surface area (Å²) in [6.07, 6.45) is 8.51. The molecule has 0 aliphatic carbocycles. The number of nitrogens with zero attached hydrogens (tertiary/aromatic N) is 4. The highest BCUT2D eigenvalue weighted by atomic mass is 16.3. The van der Waals surface area contributed by atoms with E-state index >= 15 is 0 Å². The summed E-state index contributed by atoms with van der Waals surface area (Å²) < 4.78 is 0. The van der Waals surface area contributed by atoms with Gasteiger partial charge >= 0.3 is 0 Å². The molecule has 3 aromatic rings. The number of aliphatic imine (C=N–C) groups is 2. The lowest BCUT2D eigenvalue weighted by molar-refractivity contribution is -0.114. The van der Waals surface area contributed by atoms with Gasteiger partial charge in [-0.3, -0.25) is 29.5 Å². The second kappa shape index (κ2) is 11.2. The van der Waals surface area contributed by atoms with Gasteiger partial charge in [-0.15, -0.1) is 0 Å². The van der Waals surface area contributed by atoms with Crippen molar-refractivity contribution in [2.75, 3.05) is 0 Å². The monoisotopic (exact) mass is 454 g/mol. The van der Waals surface area contributed by atoms with E-state index in [0.29, 0.717) is 22.5 Å². The van der Waals surface area contributed by atoms with Crippen LogP contribution in [-0.2, 0) is 9.59 Å². The molecule has 2 aromatic heterocycles. The SMILES string of the molecule is CC(=O)/C(C=Nc1ccccc1N=C/C(C(C)=O)=C(\O)c1cccnc1)=C(/O)c1cccnc1. The molecule has 0 aliphatic rings. The van der Waals surface area contributed by atoms with Gasteiger partial charge in [0.1, 0.15) is 11.5 Å². The molecule has 0 spiro atoms. The number of carbonyl (C=O) groups is 2. The van der Waals surface area contributed by atoms with Crippen molar-refractivity contribution in [3.8, 4) is 0 Å². The predicted molar refractivity (Wildman–Crippen MR) is 132 cm³/mol. The molecule has 0 aliphatic heterocycles. The third kappa shape index (κ3) is 5.95. The largest absolute Gasteiger partial charge is 0.506 e. The van der Waals surface area contributed by atoms with Crippen LogP contribution in [0.1, 0.15) is 25.0 Å². The highest BCUT2D eigenvalue weighted by molar-refractivity contribution is 6.18. The van der Waals surface area contributed by atoms with Crippen LogP contribution in [0.4, 0.5) is 11.4 Å². The molecule has 0 radical (unpaired) electrons. The lowest BCUT2D eigenvalue weighted by Crippen LogP contribution is -2.03. The number of benzene rings is 1. The van der Waals surface area contributed by atoms with Gasteiger partial charge in [0.15, 0.2) is 11.6 Å². The Bertz CT molecular complexity index is 1210. The number of aliphatic hydroxyl groups excluding tert-OH is 2. The van der Waals surface area contributed by atoms with Crippen molar-refractivity contribution in [3.63, 3.8) is 0 Å². The summed E-state index contributed by atoms with van der Waals surface area (Å²) in [6, 6.07) is 13.3. The number of aromatic nitrogens is 2. The van der Waals surface area contributed by atoms with Crippen LogP contribution in [-0.4, -0.2) is 44.2 Å². The molecule has 0 saturated carbocycles. The highest BCUT2D eigenvalue weighted by Crippen LogP contribution is 2.28. The molecule has 34 heavy (non-hydrogen) atoms. The van der Waals surface area contributed by atoms with Gasteiger partial charge < -0.3 is 10.2 Å². The Morgan fingerprint density at radius 1 is 0.706 bits per heavy atom. The van der Waals surface area contributed by atoms with Crippen molar-refractivity contribution < 1.29 is 19.8 Å². The molecular weight excluding hydrogens is 432 g/mol. The van der Waals surface area contributed by atoms with Crippen LogP contribution in [0.15, 0.2) is 94.4 Å². The summed E-state index contributed by atoms with van der Waals surface area (Å²) in [7, 11) is 0. The van der Waals surface area contributed by atoms with E-state index in [1.807, 2.05) is 0 Å². The van der Waals surface area contributed by atoms with Crippen molar-refractivity contribution >= 4 is 46.9 Å². The van der Waals surface area contributed by atoms with E-state index in [1.54, 1.807) is 60.9 Å². The van der Waals surface area contributed by atoms with Gasteiger partial charge in [-0.1, -0.05) is 12.1 Å². The van der Waals surface area contributed by atoms with Crippen molar-refractivity contribution in [2.24, 2.45) is 9.98 Å². The van der Waals surface area contributed by atoms with Crippen LogP contribution < -0.4 is 0 Å². The lowest BCUT2D eigenvalue weighted by Gasteiger charge is -2.05. The zero-order valence-electron chi connectivity index (χ0n) is 18.6. The van der Waals surface area contributed by atoms with Crippen molar-refractivity contribution in [2.45, 2.75) is 13.8 Å². The van der Waals surface area contributed by atoms with Crippen LogP contribution >= 0.6 is 0 Å². The lowest BCUT2D eigenvalue weighted by atomic mass is 10.1. The summed E-state index contributed by atoms with van der Waals surface area (Å²) >= 11 is 0. The number of ketones is 2. The number of hydrogen-bond donors (Lipinski definition) is 2. The Morgan fingerprint density at radius 2 is 1.12 bits per heavy atom. The zero-order chi connectivity index (χ0) is 24.5. The molecule has 170 valence electrons. The van der Waals surface area contributed by atoms with E-state index in [-0.39, 0.29) is 34.2 Å². The van der Waals surface area contributed by atoms with Crippen LogP contribution in [0.2, 0.25) is 0 Å². The molecule has 0 saturated heterocycles. The molecule has 1 aromatic carbocycles. The number of allylic oxidation sites excluding steroid dienone is 2. The maximum absolute atomic E-state index is 12.1. The normalized spacial score (nSPS) is 13.0. The average molecular weight is 454 g/mol. The van der Waals surface area contributed by atoms with Gasteiger partial charge in [0.05, 0.1) is 22.5 Å². The van der Waals surface area contributed by atoms with E-state index in [9.17, 15) is 19.8 Å². The van der Waals surface area contributed by atoms with Crippen molar-refractivity contribution in [1.82, 2.24) is 9.97 Å². The average Bonchev–Trinajstić information content (AvgIpc) is 2.85. The third-order valence-corrected chi connectivity index (χ3v) is 4.69. The molecule has 0 atom stereocenters. The molecule has 0 fully saturated rings. The first-order valence-electron chi connectivity index (χ1n) is 10.2. The fourth-order valence-corrected chi connectivity index (χ4v) is 2.90. The minimum Gasteiger partial charge on any atom is -0.506 e. The highest BCUT2D eigenvalue weighted by Gasteiger charge is 2.13. The Labute approximate surface area is 196 Å². The minimum atomic E-state index is -0.380. The zero-order valence-corrected chi connectivity index (χ0v) is 18.6. The minimum absolute atomic E-state index is 0.00493. The topological polar surface area (TPSA) is 125 Å². The summed E-state index contributed by atoms with van der Waals surface area (Å²) in [5.74, 6) is -1.24. The second-order valence-corrected chi connectivity index (χ2v) is 7.13. The number of para-hydroxylation sites is 2. The number of pyridine rings is 2. The standard InChI is InChI=1S/C26H22N4O4/c1-17(31)21(25(33)19-7-5-11-27-13-19)15-29-23-9-3-4-10-24(23)30-16-22(18(2)32)26(34)20-8-6-12-28-14-20/h3-16,33-34H,1-2H3/b25-21+,26-22+,29-15?,30-16?. The first-order chi connectivity index (χ1) is 16.4. The van der Waals surface area contributed by atoms with Gasteiger partial charge in [0.2, 0.25) is 0 Å². The van der Waals surface area contributed by atoms with Gasteiger partial charge in [0, 0.05) is 48.3 Å². The Balaban J connectivity index is 1.98.